The van der Waals surface area contributed by atoms with Crippen molar-refractivity contribution < 1.29 is 23.8 Å². The van der Waals surface area contributed by atoms with Crippen LogP contribution in [0.3, 0.4) is 0 Å². The molecular weight excluding hydrogens is 432 g/mol. The molecule has 0 aliphatic carbocycles. The molecule has 1 N–H and O–H groups in total. The number of carbonyl (C=O) groups excluding carboxylic acids is 2. The lowest BCUT2D eigenvalue weighted by Gasteiger charge is -2.31. The zero-order valence-corrected chi connectivity index (χ0v) is 20.2. The van der Waals surface area contributed by atoms with Crippen LogP contribution in [0.15, 0.2) is 42.5 Å². The fourth-order valence-electron chi connectivity index (χ4n) is 2.98. The second kappa shape index (κ2) is 11.1. The molecule has 0 saturated carbocycles. The Morgan fingerprint density at radius 2 is 1.62 bits per heavy atom. The number of carbonyl (C=O) groups is 2. The summed E-state index contributed by atoms with van der Waals surface area (Å²) in [4.78, 5) is 27.4. The van der Waals surface area contributed by atoms with E-state index in [0.29, 0.717) is 22.3 Å². The molecule has 1 atom stereocenters. The Hall–Kier alpha value is -2.93. The molecule has 2 rings (SSSR count). The van der Waals surface area contributed by atoms with Gasteiger partial charge in [0.2, 0.25) is 5.91 Å². The standard InChI is InChI=1S/C24H31ClN2O5/c1-16(23(29)26-24(2,3)4)27(14-17-8-7-9-18(25)10-17)22(28)15-32-21-12-19(30-5)11-20(13-21)31-6/h7-13,16H,14-15H2,1-6H3,(H,26,29)/t16-/m0/s1. The third-order valence-corrected chi connectivity index (χ3v) is 4.83. The van der Waals surface area contributed by atoms with Gasteiger partial charge in [0.1, 0.15) is 23.3 Å². The van der Waals surface area contributed by atoms with Crippen LogP contribution in [-0.4, -0.2) is 49.1 Å². The predicted molar refractivity (Wildman–Crippen MR) is 124 cm³/mol. The minimum atomic E-state index is -0.718. The molecule has 0 radical (unpaired) electrons. The van der Waals surface area contributed by atoms with E-state index in [1.54, 1.807) is 43.3 Å². The molecule has 0 heterocycles. The van der Waals surface area contributed by atoms with Crippen LogP contribution in [0.5, 0.6) is 17.2 Å². The first kappa shape index (κ1) is 25.3. The third kappa shape index (κ3) is 7.64. The van der Waals surface area contributed by atoms with Gasteiger partial charge in [0, 0.05) is 35.3 Å². The van der Waals surface area contributed by atoms with Crippen LogP contribution in [0, 0.1) is 0 Å². The molecule has 2 aromatic rings. The lowest BCUT2D eigenvalue weighted by atomic mass is 10.1. The van der Waals surface area contributed by atoms with E-state index in [2.05, 4.69) is 5.32 Å². The molecule has 0 aromatic heterocycles. The lowest BCUT2D eigenvalue weighted by molar-refractivity contribution is -0.142. The SMILES string of the molecule is COc1cc(OC)cc(OCC(=O)N(Cc2cccc(Cl)c2)[C@@H](C)C(=O)NC(C)(C)C)c1. The van der Waals surface area contributed by atoms with Gasteiger partial charge >= 0.3 is 0 Å². The van der Waals surface area contributed by atoms with E-state index in [-0.39, 0.29) is 25.0 Å². The molecule has 0 aliphatic rings. The summed E-state index contributed by atoms with van der Waals surface area (Å²) >= 11 is 6.10. The first-order valence-corrected chi connectivity index (χ1v) is 10.6. The summed E-state index contributed by atoms with van der Waals surface area (Å²) in [7, 11) is 3.07. The smallest absolute Gasteiger partial charge is 0.261 e. The highest BCUT2D eigenvalue weighted by molar-refractivity contribution is 6.30. The van der Waals surface area contributed by atoms with Crippen molar-refractivity contribution in [1.29, 1.82) is 0 Å². The van der Waals surface area contributed by atoms with E-state index in [4.69, 9.17) is 25.8 Å². The summed E-state index contributed by atoms with van der Waals surface area (Å²) < 4.78 is 16.2. The zero-order chi connectivity index (χ0) is 23.9. The van der Waals surface area contributed by atoms with Crippen molar-refractivity contribution in [3.63, 3.8) is 0 Å². The van der Waals surface area contributed by atoms with Gasteiger partial charge in [-0.2, -0.15) is 0 Å². The summed E-state index contributed by atoms with van der Waals surface area (Å²) in [5.74, 6) is 0.907. The zero-order valence-electron chi connectivity index (χ0n) is 19.4. The van der Waals surface area contributed by atoms with Crippen LogP contribution >= 0.6 is 11.6 Å². The summed E-state index contributed by atoms with van der Waals surface area (Å²) in [6.45, 7) is 7.31. The minimum Gasteiger partial charge on any atom is -0.496 e. The molecule has 0 saturated heterocycles. The number of benzene rings is 2. The quantitative estimate of drug-likeness (QED) is 0.607. The molecule has 2 aromatic carbocycles. The second-order valence-corrected chi connectivity index (χ2v) is 8.84. The second-order valence-electron chi connectivity index (χ2n) is 8.40. The van der Waals surface area contributed by atoms with E-state index >= 15 is 0 Å². The number of rotatable bonds is 9. The highest BCUT2D eigenvalue weighted by atomic mass is 35.5. The predicted octanol–water partition coefficient (Wildman–Crippen LogP) is 4.07. The summed E-state index contributed by atoms with van der Waals surface area (Å²) in [6, 6.07) is 11.5. The normalized spacial score (nSPS) is 12.0. The van der Waals surface area contributed by atoms with Gasteiger partial charge in [0.15, 0.2) is 6.61 Å². The Kier molecular flexibility index (Phi) is 8.78. The minimum absolute atomic E-state index is 0.211. The van der Waals surface area contributed by atoms with Crippen LogP contribution in [0.25, 0.3) is 0 Å². The van der Waals surface area contributed by atoms with E-state index in [0.717, 1.165) is 5.56 Å². The number of nitrogens with one attached hydrogen (secondary N) is 1. The Labute approximate surface area is 194 Å². The van der Waals surface area contributed by atoms with Gasteiger partial charge < -0.3 is 24.4 Å². The number of nitrogens with zero attached hydrogens (tertiary/aromatic N) is 1. The number of methoxy groups -OCH3 is 2. The van der Waals surface area contributed by atoms with Crippen molar-refractivity contribution in [1.82, 2.24) is 10.2 Å². The molecule has 0 unspecified atom stereocenters. The molecule has 32 heavy (non-hydrogen) atoms. The summed E-state index contributed by atoms with van der Waals surface area (Å²) in [5.41, 5.74) is 0.383. The van der Waals surface area contributed by atoms with Crippen molar-refractivity contribution >= 4 is 23.4 Å². The van der Waals surface area contributed by atoms with Crippen LogP contribution in [0.2, 0.25) is 5.02 Å². The van der Waals surface area contributed by atoms with E-state index < -0.39 is 11.6 Å². The lowest BCUT2D eigenvalue weighted by Crippen LogP contribution is -2.53. The van der Waals surface area contributed by atoms with Crippen molar-refractivity contribution in [3.8, 4) is 17.2 Å². The largest absolute Gasteiger partial charge is 0.496 e. The third-order valence-electron chi connectivity index (χ3n) is 4.59. The van der Waals surface area contributed by atoms with E-state index in [9.17, 15) is 9.59 Å². The summed E-state index contributed by atoms with van der Waals surface area (Å²) in [6.07, 6.45) is 0. The topological polar surface area (TPSA) is 77.1 Å². The maximum Gasteiger partial charge on any atom is 0.261 e. The van der Waals surface area contributed by atoms with Gasteiger partial charge in [0.05, 0.1) is 14.2 Å². The highest BCUT2D eigenvalue weighted by Gasteiger charge is 2.28. The van der Waals surface area contributed by atoms with Gasteiger partial charge in [-0.15, -0.1) is 0 Å². The average Bonchev–Trinajstić information content (AvgIpc) is 2.73. The van der Waals surface area contributed by atoms with Gasteiger partial charge in [-0.3, -0.25) is 9.59 Å². The molecular formula is C24H31ClN2O5. The molecule has 0 fully saturated rings. The Morgan fingerprint density at radius 1 is 1.03 bits per heavy atom. The van der Waals surface area contributed by atoms with Crippen molar-refractivity contribution in [2.75, 3.05) is 20.8 Å². The number of amides is 2. The molecule has 0 bridgehead atoms. The first-order valence-electron chi connectivity index (χ1n) is 10.2. The molecule has 174 valence electrons. The van der Waals surface area contributed by atoms with E-state index in [1.165, 1.54) is 19.1 Å². The van der Waals surface area contributed by atoms with Crippen molar-refractivity contribution in [2.45, 2.75) is 45.8 Å². The van der Waals surface area contributed by atoms with E-state index in [1.807, 2.05) is 26.8 Å². The van der Waals surface area contributed by atoms with Crippen molar-refractivity contribution in [2.24, 2.45) is 0 Å². The number of halogens is 1. The Morgan fingerprint density at radius 3 is 2.16 bits per heavy atom. The summed E-state index contributed by atoms with van der Waals surface area (Å²) in [5, 5.41) is 3.48. The highest BCUT2D eigenvalue weighted by Crippen LogP contribution is 2.27. The Balaban J connectivity index is 2.22. The average molecular weight is 463 g/mol. The molecule has 2 amide bonds. The molecule has 0 aliphatic heterocycles. The molecule has 7 nitrogen and oxygen atoms in total. The maximum absolute atomic E-state index is 13.2. The monoisotopic (exact) mass is 462 g/mol. The fraction of sp³-hybridized carbons (Fsp3) is 0.417. The van der Waals surface area contributed by atoms with Crippen LogP contribution in [0.4, 0.5) is 0 Å². The fourth-order valence-corrected chi connectivity index (χ4v) is 3.19. The number of hydrogen-bond donors (Lipinski definition) is 1. The van der Waals surface area contributed by atoms with Gasteiger partial charge in [-0.1, -0.05) is 23.7 Å². The molecule has 0 spiro atoms. The van der Waals surface area contributed by atoms with Crippen molar-refractivity contribution in [3.05, 3.63) is 53.1 Å². The Bertz CT molecular complexity index is 920. The van der Waals surface area contributed by atoms with Crippen LogP contribution in [0.1, 0.15) is 33.3 Å². The number of ether oxygens (including phenoxy) is 3. The van der Waals surface area contributed by atoms with Crippen LogP contribution < -0.4 is 19.5 Å². The maximum atomic E-state index is 13.2. The van der Waals surface area contributed by atoms with Gasteiger partial charge in [-0.05, 0) is 45.4 Å². The number of hydrogen-bond acceptors (Lipinski definition) is 5. The van der Waals surface area contributed by atoms with Crippen LogP contribution in [-0.2, 0) is 16.1 Å². The van der Waals surface area contributed by atoms with Gasteiger partial charge in [0.25, 0.3) is 5.91 Å². The van der Waals surface area contributed by atoms with Gasteiger partial charge in [-0.25, -0.2) is 0 Å². The first-order chi connectivity index (χ1) is 15.0. The molecule has 8 heteroatoms.